The van der Waals surface area contributed by atoms with Crippen molar-refractivity contribution in [3.8, 4) is 0 Å². The number of esters is 1. The van der Waals surface area contributed by atoms with Gasteiger partial charge in [-0.3, -0.25) is 9.59 Å². The second-order valence-electron chi connectivity index (χ2n) is 5.21. The molecule has 0 aromatic heterocycles. The molecule has 0 bridgehead atoms. The largest absolute Gasteiger partial charge is 0.460 e. The Morgan fingerprint density at radius 2 is 2.06 bits per heavy atom. The summed E-state index contributed by atoms with van der Waals surface area (Å²) in [6.07, 6.45) is 1.40. The van der Waals surface area contributed by atoms with Crippen LogP contribution in [0.5, 0.6) is 0 Å². The minimum absolute atomic E-state index is 0.0524. The van der Waals surface area contributed by atoms with Crippen LogP contribution in [0.4, 0.5) is 0 Å². The third-order valence-corrected chi connectivity index (χ3v) is 3.43. The average Bonchev–Trinajstić information content (AvgIpc) is 2.64. The fourth-order valence-electron chi connectivity index (χ4n) is 1.56. The monoisotopic (exact) mass is 259 g/mol. The molecule has 1 aliphatic rings. The molecule has 4 nitrogen and oxygen atoms in total. The van der Waals surface area contributed by atoms with Crippen LogP contribution in [0.25, 0.3) is 0 Å². The van der Waals surface area contributed by atoms with E-state index in [2.05, 4.69) is 5.32 Å². The van der Waals surface area contributed by atoms with Gasteiger partial charge in [0.2, 0.25) is 5.91 Å². The molecule has 1 saturated heterocycles. The molecule has 98 valence electrons. The number of ether oxygens (including phenoxy) is 1. The lowest BCUT2D eigenvalue weighted by atomic mass is 10.2. The fraction of sp³-hybridized carbons (Fsp3) is 0.833. The Morgan fingerprint density at radius 3 is 2.59 bits per heavy atom. The number of hydrogen-bond donors (Lipinski definition) is 1. The summed E-state index contributed by atoms with van der Waals surface area (Å²) in [6, 6.07) is 0.283. The van der Waals surface area contributed by atoms with Crippen LogP contribution >= 0.6 is 11.8 Å². The smallest absolute Gasteiger partial charge is 0.306 e. The van der Waals surface area contributed by atoms with E-state index in [9.17, 15) is 9.59 Å². The number of rotatable bonds is 4. The molecule has 0 spiro atoms. The quantitative estimate of drug-likeness (QED) is 0.781. The minimum atomic E-state index is -0.477. The first-order valence-corrected chi connectivity index (χ1v) is 7.11. The van der Waals surface area contributed by atoms with E-state index in [1.165, 1.54) is 0 Å². The molecule has 0 saturated carbocycles. The average molecular weight is 259 g/mol. The third-order valence-electron chi connectivity index (χ3n) is 2.27. The molecular weight excluding hydrogens is 238 g/mol. The molecule has 17 heavy (non-hydrogen) atoms. The number of carbonyl (C=O) groups excluding carboxylic acids is 2. The van der Waals surface area contributed by atoms with Crippen LogP contribution in [-0.4, -0.2) is 35.0 Å². The molecule has 1 amide bonds. The highest BCUT2D eigenvalue weighted by Crippen LogP contribution is 2.17. The highest BCUT2D eigenvalue weighted by molar-refractivity contribution is 7.99. The Hall–Kier alpha value is -0.710. The van der Waals surface area contributed by atoms with Crippen molar-refractivity contribution in [1.82, 2.24) is 5.32 Å². The number of carbonyl (C=O) groups is 2. The topological polar surface area (TPSA) is 55.4 Å². The molecule has 1 N–H and O–H groups in total. The van der Waals surface area contributed by atoms with Gasteiger partial charge >= 0.3 is 5.97 Å². The molecule has 1 heterocycles. The molecule has 1 fully saturated rings. The molecule has 0 aliphatic carbocycles. The van der Waals surface area contributed by atoms with Gasteiger partial charge in [-0.2, -0.15) is 11.8 Å². The summed E-state index contributed by atoms with van der Waals surface area (Å²) in [5.74, 6) is 1.73. The van der Waals surface area contributed by atoms with Crippen molar-refractivity contribution < 1.29 is 14.3 Å². The molecule has 1 aliphatic heterocycles. The molecule has 1 rings (SSSR count). The zero-order valence-corrected chi connectivity index (χ0v) is 11.6. The SMILES string of the molecule is CC(C)(C)OC(=O)CCC(=O)NC1CCSC1. The maximum atomic E-state index is 11.5. The minimum Gasteiger partial charge on any atom is -0.460 e. The van der Waals surface area contributed by atoms with E-state index in [-0.39, 0.29) is 30.8 Å². The lowest BCUT2D eigenvalue weighted by molar-refractivity contribution is -0.155. The van der Waals surface area contributed by atoms with Crippen molar-refractivity contribution in [2.24, 2.45) is 0 Å². The predicted octanol–water partition coefficient (Wildman–Crippen LogP) is 1.73. The molecule has 0 aromatic carbocycles. The fourth-order valence-corrected chi connectivity index (χ4v) is 2.71. The van der Waals surface area contributed by atoms with E-state index < -0.39 is 5.60 Å². The zero-order chi connectivity index (χ0) is 12.9. The number of nitrogens with one attached hydrogen (secondary N) is 1. The maximum absolute atomic E-state index is 11.5. The Bertz CT molecular complexity index is 280. The lowest BCUT2D eigenvalue weighted by Gasteiger charge is -2.19. The summed E-state index contributed by atoms with van der Waals surface area (Å²) in [6.45, 7) is 5.46. The van der Waals surface area contributed by atoms with E-state index in [1.54, 1.807) is 0 Å². The second kappa shape index (κ2) is 6.28. The molecule has 1 unspecified atom stereocenters. The highest BCUT2D eigenvalue weighted by Gasteiger charge is 2.20. The summed E-state index contributed by atoms with van der Waals surface area (Å²) in [5, 5.41) is 2.93. The summed E-state index contributed by atoms with van der Waals surface area (Å²) >= 11 is 1.85. The van der Waals surface area contributed by atoms with Gasteiger partial charge in [0.1, 0.15) is 5.60 Å². The van der Waals surface area contributed by atoms with Gasteiger partial charge in [0, 0.05) is 18.2 Å². The predicted molar refractivity (Wildman–Crippen MR) is 69.0 cm³/mol. The van der Waals surface area contributed by atoms with E-state index >= 15 is 0 Å². The van der Waals surface area contributed by atoms with Gasteiger partial charge in [-0.05, 0) is 32.9 Å². The molecule has 1 atom stereocenters. The number of hydrogen-bond acceptors (Lipinski definition) is 4. The maximum Gasteiger partial charge on any atom is 0.306 e. The van der Waals surface area contributed by atoms with Crippen LogP contribution in [0, 0.1) is 0 Å². The van der Waals surface area contributed by atoms with Crippen LogP contribution < -0.4 is 5.32 Å². The van der Waals surface area contributed by atoms with Gasteiger partial charge in [-0.1, -0.05) is 0 Å². The van der Waals surface area contributed by atoms with Crippen molar-refractivity contribution in [3.63, 3.8) is 0 Å². The van der Waals surface area contributed by atoms with Gasteiger partial charge in [-0.15, -0.1) is 0 Å². The van der Waals surface area contributed by atoms with Crippen LogP contribution in [0.15, 0.2) is 0 Å². The normalized spacial score (nSPS) is 20.1. The molecule has 0 radical (unpaired) electrons. The van der Waals surface area contributed by atoms with Crippen molar-refractivity contribution >= 4 is 23.6 Å². The van der Waals surface area contributed by atoms with Crippen LogP contribution in [0.1, 0.15) is 40.0 Å². The summed E-state index contributed by atoms with van der Waals surface area (Å²) in [4.78, 5) is 22.9. The first-order chi connectivity index (χ1) is 7.87. The van der Waals surface area contributed by atoms with Crippen LogP contribution in [-0.2, 0) is 14.3 Å². The second-order valence-corrected chi connectivity index (χ2v) is 6.36. The number of amides is 1. The van der Waals surface area contributed by atoms with Gasteiger partial charge in [0.15, 0.2) is 0 Å². The molecule has 0 aromatic rings. The Balaban J connectivity index is 2.16. The third kappa shape index (κ3) is 6.56. The zero-order valence-electron chi connectivity index (χ0n) is 10.7. The Kier molecular flexibility index (Phi) is 5.31. The first kappa shape index (κ1) is 14.4. The summed E-state index contributed by atoms with van der Waals surface area (Å²) < 4.78 is 5.14. The van der Waals surface area contributed by atoms with Crippen molar-refractivity contribution in [2.75, 3.05) is 11.5 Å². The number of thioether (sulfide) groups is 1. The first-order valence-electron chi connectivity index (χ1n) is 5.96. The van der Waals surface area contributed by atoms with Gasteiger partial charge in [0.05, 0.1) is 6.42 Å². The Morgan fingerprint density at radius 1 is 1.35 bits per heavy atom. The van der Waals surface area contributed by atoms with Gasteiger partial charge in [-0.25, -0.2) is 0 Å². The highest BCUT2D eigenvalue weighted by atomic mass is 32.2. The van der Waals surface area contributed by atoms with E-state index in [0.29, 0.717) is 0 Å². The van der Waals surface area contributed by atoms with E-state index in [0.717, 1.165) is 17.9 Å². The van der Waals surface area contributed by atoms with Crippen LogP contribution in [0.2, 0.25) is 0 Å². The molecule has 5 heteroatoms. The van der Waals surface area contributed by atoms with Crippen LogP contribution in [0.3, 0.4) is 0 Å². The van der Waals surface area contributed by atoms with Crippen molar-refractivity contribution in [1.29, 1.82) is 0 Å². The van der Waals surface area contributed by atoms with E-state index in [4.69, 9.17) is 4.74 Å². The Labute approximate surface area is 107 Å². The standard InChI is InChI=1S/C12H21NO3S/c1-12(2,3)16-11(15)5-4-10(14)13-9-6-7-17-8-9/h9H,4-8H2,1-3H3,(H,13,14). The van der Waals surface area contributed by atoms with Gasteiger partial charge < -0.3 is 10.1 Å². The summed E-state index contributed by atoms with van der Waals surface area (Å²) in [7, 11) is 0. The summed E-state index contributed by atoms with van der Waals surface area (Å²) in [5.41, 5.74) is -0.477. The molecular formula is C12H21NO3S. The van der Waals surface area contributed by atoms with Crippen molar-refractivity contribution in [3.05, 3.63) is 0 Å². The lowest BCUT2D eigenvalue weighted by Crippen LogP contribution is -2.35. The van der Waals surface area contributed by atoms with Gasteiger partial charge in [0.25, 0.3) is 0 Å². The van der Waals surface area contributed by atoms with Crippen molar-refractivity contribution in [2.45, 2.75) is 51.7 Å². The van der Waals surface area contributed by atoms with E-state index in [1.807, 2.05) is 32.5 Å².